The third-order valence-electron chi connectivity index (χ3n) is 5.36. The zero-order valence-electron chi connectivity index (χ0n) is 17.2. The van der Waals surface area contributed by atoms with E-state index in [9.17, 15) is 9.18 Å². The number of hydrogen-bond donors (Lipinski definition) is 1. The van der Waals surface area contributed by atoms with Crippen molar-refractivity contribution < 1.29 is 13.9 Å². The van der Waals surface area contributed by atoms with Crippen LogP contribution in [0.1, 0.15) is 28.2 Å². The number of pyridine rings is 1. The quantitative estimate of drug-likeness (QED) is 0.694. The first-order valence-corrected chi connectivity index (χ1v) is 9.77. The second-order valence-electron chi connectivity index (χ2n) is 7.37. The molecule has 1 aliphatic rings. The van der Waals surface area contributed by atoms with Crippen LogP contribution in [0.2, 0.25) is 0 Å². The minimum absolute atomic E-state index is 0.0516. The Labute approximate surface area is 178 Å². The van der Waals surface area contributed by atoms with Gasteiger partial charge < -0.3 is 15.4 Å². The van der Waals surface area contributed by atoms with Crippen molar-refractivity contribution in [3.63, 3.8) is 0 Å². The molecule has 3 heterocycles. The highest BCUT2D eigenvalue weighted by molar-refractivity contribution is 5.94. The summed E-state index contributed by atoms with van der Waals surface area (Å²) in [6.07, 6.45) is 2.33. The Kier molecular flexibility index (Phi) is 5.40. The number of carbonyl (C=O) groups excluding carboxylic acids is 1. The molecule has 2 aromatic heterocycles. The second kappa shape index (κ2) is 8.16. The number of benzene rings is 1. The molecule has 0 spiro atoms. The summed E-state index contributed by atoms with van der Waals surface area (Å²) in [7, 11) is 1.52. The summed E-state index contributed by atoms with van der Waals surface area (Å²) < 4.78 is 21.2. The Hall–Kier alpha value is -3.77. The zero-order valence-corrected chi connectivity index (χ0v) is 17.2. The molecular formula is C22H21FN6O2. The molecule has 1 amide bonds. The highest BCUT2D eigenvalue weighted by Gasteiger charge is 2.29. The number of methoxy groups -OCH3 is 1. The van der Waals surface area contributed by atoms with E-state index in [-0.39, 0.29) is 23.2 Å². The average Bonchev–Trinajstić information content (AvgIpc) is 3.36. The number of aromatic nitrogens is 3. The zero-order chi connectivity index (χ0) is 22.1. The van der Waals surface area contributed by atoms with Crippen molar-refractivity contribution in [2.45, 2.75) is 19.4 Å². The number of ether oxygens (including phenoxy) is 1. The van der Waals surface area contributed by atoms with Crippen LogP contribution in [0.25, 0.3) is 17.1 Å². The van der Waals surface area contributed by atoms with Crippen LogP contribution in [-0.2, 0) is 0 Å². The lowest BCUT2D eigenvalue weighted by atomic mass is 10.1. The molecular weight excluding hydrogens is 399 g/mol. The maximum atomic E-state index is 14.3. The summed E-state index contributed by atoms with van der Waals surface area (Å²) in [6, 6.07) is 9.48. The third kappa shape index (κ3) is 3.73. The molecule has 0 aliphatic carbocycles. The number of amides is 1. The van der Waals surface area contributed by atoms with Crippen molar-refractivity contribution in [3.05, 3.63) is 59.3 Å². The van der Waals surface area contributed by atoms with E-state index < -0.39 is 5.82 Å². The summed E-state index contributed by atoms with van der Waals surface area (Å²) >= 11 is 0. The maximum Gasteiger partial charge on any atom is 0.274 e. The van der Waals surface area contributed by atoms with Crippen LogP contribution in [0, 0.1) is 24.1 Å². The number of carbonyl (C=O) groups is 1. The highest BCUT2D eigenvalue weighted by atomic mass is 19.1. The van der Waals surface area contributed by atoms with Crippen molar-refractivity contribution >= 4 is 5.91 Å². The molecule has 1 aliphatic heterocycles. The summed E-state index contributed by atoms with van der Waals surface area (Å²) in [5.41, 5.74) is 7.84. The number of nitrogens with zero attached hydrogens (tertiary/aromatic N) is 5. The lowest BCUT2D eigenvalue weighted by molar-refractivity contribution is 0.0785. The van der Waals surface area contributed by atoms with E-state index in [1.54, 1.807) is 40.8 Å². The number of imidazole rings is 1. The molecule has 1 saturated heterocycles. The van der Waals surface area contributed by atoms with Crippen molar-refractivity contribution in [1.82, 2.24) is 19.4 Å². The first kappa shape index (κ1) is 20.5. The number of rotatable bonds is 4. The van der Waals surface area contributed by atoms with E-state index in [0.717, 1.165) is 6.42 Å². The van der Waals surface area contributed by atoms with Gasteiger partial charge in [0.1, 0.15) is 23.4 Å². The second-order valence-corrected chi connectivity index (χ2v) is 7.37. The van der Waals surface area contributed by atoms with Gasteiger partial charge in [-0.05, 0) is 37.6 Å². The molecule has 31 heavy (non-hydrogen) atoms. The minimum atomic E-state index is -0.654. The van der Waals surface area contributed by atoms with Gasteiger partial charge in [-0.1, -0.05) is 0 Å². The Morgan fingerprint density at radius 3 is 2.74 bits per heavy atom. The molecule has 1 atom stereocenters. The maximum absolute atomic E-state index is 14.3. The predicted molar refractivity (Wildman–Crippen MR) is 111 cm³/mol. The topological polar surface area (TPSA) is 110 Å². The Bertz CT molecular complexity index is 1180. The predicted octanol–water partition coefficient (Wildman–Crippen LogP) is 2.44. The van der Waals surface area contributed by atoms with Crippen LogP contribution in [0.15, 0.2) is 36.5 Å². The third-order valence-corrected chi connectivity index (χ3v) is 5.36. The van der Waals surface area contributed by atoms with Gasteiger partial charge in [-0.25, -0.2) is 14.4 Å². The van der Waals surface area contributed by atoms with Gasteiger partial charge in [-0.3, -0.25) is 9.36 Å². The summed E-state index contributed by atoms with van der Waals surface area (Å²) in [5.74, 6) is -0.0611. The van der Waals surface area contributed by atoms with Crippen LogP contribution in [0.4, 0.5) is 4.39 Å². The summed E-state index contributed by atoms with van der Waals surface area (Å²) in [6.45, 7) is 2.82. The van der Waals surface area contributed by atoms with Crippen LogP contribution in [0.5, 0.6) is 5.88 Å². The molecule has 158 valence electrons. The number of hydrogen-bond acceptors (Lipinski definition) is 6. The molecule has 0 unspecified atom stereocenters. The number of likely N-dealkylation sites (tertiary alicyclic amines) is 1. The highest BCUT2D eigenvalue weighted by Crippen LogP contribution is 2.29. The largest absolute Gasteiger partial charge is 0.481 e. The SMILES string of the molecule is COc1ccc(-n2c(-c3ccc(C#N)c(F)c3)nc(C(=O)N3CC[C@H](N)C3)c2C)cn1. The van der Waals surface area contributed by atoms with E-state index in [1.807, 2.05) is 6.07 Å². The molecule has 8 nitrogen and oxygen atoms in total. The molecule has 0 radical (unpaired) electrons. The summed E-state index contributed by atoms with van der Waals surface area (Å²) in [4.78, 5) is 23.7. The standard InChI is InChI=1S/C22H21FN6O2/c1-13-20(22(30)28-8-7-16(25)12-28)27-21(14-3-4-15(10-24)18(23)9-14)29(13)17-5-6-19(31-2)26-11-17/h3-6,9,11,16H,7-8,12,25H2,1-2H3/t16-/m0/s1. The van der Waals surface area contributed by atoms with E-state index in [0.29, 0.717) is 41.7 Å². The van der Waals surface area contributed by atoms with E-state index in [2.05, 4.69) is 9.97 Å². The van der Waals surface area contributed by atoms with Gasteiger partial charge >= 0.3 is 0 Å². The monoisotopic (exact) mass is 420 g/mol. The van der Waals surface area contributed by atoms with Crippen LogP contribution in [-0.4, -0.2) is 51.6 Å². The Morgan fingerprint density at radius 2 is 2.16 bits per heavy atom. The average molecular weight is 420 g/mol. The lowest BCUT2D eigenvalue weighted by Crippen LogP contribution is -2.32. The van der Waals surface area contributed by atoms with Crippen molar-refractivity contribution in [1.29, 1.82) is 5.26 Å². The molecule has 3 aromatic rings. The van der Waals surface area contributed by atoms with Crippen molar-refractivity contribution in [2.75, 3.05) is 20.2 Å². The molecule has 0 saturated carbocycles. The van der Waals surface area contributed by atoms with Gasteiger partial charge in [0, 0.05) is 30.8 Å². The minimum Gasteiger partial charge on any atom is -0.481 e. The molecule has 1 aromatic carbocycles. The Morgan fingerprint density at radius 1 is 1.35 bits per heavy atom. The fourth-order valence-electron chi connectivity index (χ4n) is 3.71. The lowest BCUT2D eigenvalue weighted by Gasteiger charge is -2.15. The Balaban J connectivity index is 1.86. The number of halogens is 1. The van der Waals surface area contributed by atoms with Gasteiger partial charge in [0.25, 0.3) is 5.91 Å². The van der Waals surface area contributed by atoms with Crippen molar-refractivity contribution in [3.8, 4) is 29.0 Å². The van der Waals surface area contributed by atoms with Crippen LogP contribution in [0.3, 0.4) is 0 Å². The van der Waals surface area contributed by atoms with E-state index >= 15 is 0 Å². The summed E-state index contributed by atoms with van der Waals surface area (Å²) in [5, 5.41) is 9.03. The first-order chi connectivity index (χ1) is 14.9. The molecule has 2 N–H and O–H groups in total. The van der Waals surface area contributed by atoms with E-state index in [1.165, 1.54) is 19.2 Å². The molecule has 9 heteroatoms. The smallest absolute Gasteiger partial charge is 0.274 e. The molecule has 1 fully saturated rings. The first-order valence-electron chi connectivity index (χ1n) is 9.77. The normalized spacial score (nSPS) is 15.7. The molecule has 4 rings (SSSR count). The van der Waals surface area contributed by atoms with Crippen LogP contribution < -0.4 is 10.5 Å². The number of nitrogens with two attached hydrogens (primary N) is 1. The fraction of sp³-hybridized carbons (Fsp3) is 0.273. The fourth-order valence-corrected chi connectivity index (χ4v) is 3.71. The number of nitriles is 1. The van der Waals surface area contributed by atoms with Gasteiger partial charge in [-0.15, -0.1) is 0 Å². The van der Waals surface area contributed by atoms with E-state index in [4.69, 9.17) is 15.7 Å². The van der Waals surface area contributed by atoms with Gasteiger partial charge in [0.2, 0.25) is 5.88 Å². The van der Waals surface area contributed by atoms with Crippen LogP contribution >= 0.6 is 0 Å². The van der Waals surface area contributed by atoms with Gasteiger partial charge in [0.15, 0.2) is 0 Å². The van der Waals surface area contributed by atoms with Gasteiger partial charge in [0.05, 0.1) is 30.3 Å². The van der Waals surface area contributed by atoms with Crippen molar-refractivity contribution in [2.24, 2.45) is 5.73 Å². The van der Waals surface area contributed by atoms with Gasteiger partial charge in [-0.2, -0.15) is 5.26 Å². The molecule has 0 bridgehead atoms.